The van der Waals surface area contributed by atoms with Crippen molar-refractivity contribution in [3.8, 4) is 5.75 Å². The van der Waals surface area contributed by atoms with Crippen molar-refractivity contribution in [2.75, 3.05) is 7.11 Å². The van der Waals surface area contributed by atoms with Crippen LogP contribution in [-0.2, 0) is 22.5 Å². The van der Waals surface area contributed by atoms with Crippen molar-refractivity contribution in [1.82, 2.24) is 10.6 Å². The van der Waals surface area contributed by atoms with Gasteiger partial charge in [-0.1, -0.05) is 42.5 Å². The second-order valence-corrected chi connectivity index (χ2v) is 8.48. The van der Waals surface area contributed by atoms with Crippen LogP contribution in [0, 0.1) is 0 Å². The van der Waals surface area contributed by atoms with Crippen molar-refractivity contribution in [1.29, 1.82) is 0 Å². The minimum absolute atomic E-state index is 0.190. The van der Waals surface area contributed by atoms with Crippen LogP contribution in [-0.4, -0.2) is 53.2 Å². The van der Waals surface area contributed by atoms with Gasteiger partial charge >= 0.3 is 12.1 Å². The largest absolute Gasteiger partial charge is 0.497 e. The van der Waals surface area contributed by atoms with Gasteiger partial charge in [0.2, 0.25) is 0 Å². The van der Waals surface area contributed by atoms with Gasteiger partial charge in [-0.15, -0.1) is 0 Å². The molecule has 0 heterocycles. The molecule has 174 valence electrons. The van der Waals surface area contributed by atoms with Crippen molar-refractivity contribution < 1.29 is 29.3 Å². The molecule has 0 aliphatic rings. The van der Waals surface area contributed by atoms with E-state index in [4.69, 9.17) is 9.47 Å². The van der Waals surface area contributed by atoms with E-state index in [1.165, 1.54) is 0 Å². The molecule has 0 bridgehead atoms. The number of rotatable bonds is 10. The van der Waals surface area contributed by atoms with Gasteiger partial charge in [0.05, 0.1) is 13.2 Å². The third kappa shape index (κ3) is 8.20. The number of carbonyl (C=O) groups excluding carboxylic acids is 1. The molecule has 32 heavy (non-hydrogen) atoms. The van der Waals surface area contributed by atoms with Gasteiger partial charge in [-0.05, 0) is 50.5 Å². The summed E-state index contributed by atoms with van der Waals surface area (Å²) in [6.07, 6.45) is -1.92. The fraction of sp³-hybridized carbons (Fsp3) is 0.417. The quantitative estimate of drug-likeness (QED) is 0.445. The van der Waals surface area contributed by atoms with Crippen molar-refractivity contribution in [3.05, 3.63) is 65.7 Å². The first kappa shape index (κ1) is 25.2. The van der Waals surface area contributed by atoms with E-state index in [-0.39, 0.29) is 13.0 Å². The topological polar surface area (TPSA) is 117 Å². The molecule has 0 unspecified atom stereocenters. The van der Waals surface area contributed by atoms with E-state index in [2.05, 4.69) is 10.6 Å². The Bertz CT molecular complexity index is 882. The number of benzene rings is 2. The van der Waals surface area contributed by atoms with Crippen LogP contribution in [0.3, 0.4) is 0 Å². The number of carboxylic acid groups (broad SMARTS) is 1. The van der Waals surface area contributed by atoms with E-state index in [0.717, 1.165) is 11.1 Å². The van der Waals surface area contributed by atoms with E-state index >= 15 is 0 Å². The highest BCUT2D eigenvalue weighted by molar-refractivity contribution is 5.75. The molecular formula is C24H32N2O6. The first-order valence-electron chi connectivity index (χ1n) is 10.4. The van der Waals surface area contributed by atoms with Crippen LogP contribution in [0.4, 0.5) is 4.79 Å². The zero-order valence-corrected chi connectivity index (χ0v) is 18.9. The first-order valence-corrected chi connectivity index (χ1v) is 10.4. The van der Waals surface area contributed by atoms with Gasteiger partial charge in [-0.3, -0.25) is 10.1 Å². The minimum Gasteiger partial charge on any atom is -0.497 e. The number of amides is 1. The van der Waals surface area contributed by atoms with Gasteiger partial charge < -0.3 is 25.0 Å². The van der Waals surface area contributed by atoms with Crippen molar-refractivity contribution >= 4 is 12.1 Å². The summed E-state index contributed by atoms with van der Waals surface area (Å²) in [4.78, 5) is 24.3. The number of ether oxygens (including phenoxy) is 2. The smallest absolute Gasteiger partial charge is 0.407 e. The molecule has 0 saturated carbocycles. The molecule has 8 nitrogen and oxygen atoms in total. The lowest BCUT2D eigenvalue weighted by atomic mass is 9.96. The molecule has 3 atom stereocenters. The number of aliphatic hydroxyl groups excluding tert-OH is 1. The number of alkyl carbamates (subject to hydrolysis) is 1. The molecular weight excluding hydrogens is 412 g/mol. The van der Waals surface area contributed by atoms with Crippen LogP contribution in [0.1, 0.15) is 31.9 Å². The Kier molecular flexibility index (Phi) is 9.04. The Hall–Kier alpha value is -3.10. The summed E-state index contributed by atoms with van der Waals surface area (Å²) >= 11 is 0. The summed E-state index contributed by atoms with van der Waals surface area (Å²) in [6, 6.07) is 14.2. The average Bonchev–Trinajstić information content (AvgIpc) is 2.72. The Balaban J connectivity index is 2.18. The van der Waals surface area contributed by atoms with Gasteiger partial charge in [-0.2, -0.15) is 0 Å². The Morgan fingerprint density at radius 2 is 1.69 bits per heavy atom. The zero-order valence-electron chi connectivity index (χ0n) is 18.9. The number of aliphatic carboxylic acids is 1. The molecule has 0 saturated heterocycles. The fourth-order valence-electron chi connectivity index (χ4n) is 3.18. The highest BCUT2D eigenvalue weighted by atomic mass is 16.6. The lowest BCUT2D eigenvalue weighted by molar-refractivity contribution is -0.143. The zero-order chi connectivity index (χ0) is 23.7. The highest BCUT2D eigenvalue weighted by Gasteiger charge is 2.34. The highest BCUT2D eigenvalue weighted by Crippen LogP contribution is 2.15. The van der Waals surface area contributed by atoms with E-state index in [0.29, 0.717) is 5.75 Å². The third-order valence-corrected chi connectivity index (χ3v) is 4.68. The number of methoxy groups -OCH3 is 1. The number of carboxylic acids is 1. The number of nitrogens with one attached hydrogen (secondary N) is 2. The summed E-state index contributed by atoms with van der Waals surface area (Å²) in [6.45, 7) is 5.37. The van der Waals surface area contributed by atoms with E-state index in [1.54, 1.807) is 46.1 Å². The molecule has 8 heteroatoms. The van der Waals surface area contributed by atoms with Crippen molar-refractivity contribution in [2.45, 2.75) is 57.5 Å². The molecule has 1 amide bonds. The van der Waals surface area contributed by atoms with E-state index in [9.17, 15) is 19.8 Å². The lowest BCUT2D eigenvalue weighted by Crippen LogP contribution is -2.57. The molecule has 0 aromatic heterocycles. The van der Waals surface area contributed by atoms with Crippen LogP contribution in [0.2, 0.25) is 0 Å². The average molecular weight is 445 g/mol. The summed E-state index contributed by atoms with van der Waals surface area (Å²) < 4.78 is 10.5. The molecule has 0 aliphatic carbocycles. The van der Waals surface area contributed by atoms with Gasteiger partial charge in [0.15, 0.2) is 0 Å². The molecule has 4 N–H and O–H groups in total. The summed E-state index contributed by atoms with van der Waals surface area (Å²) in [7, 11) is 1.55. The Labute approximate surface area is 188 Å². The van der Waals surface area contributed by atoms with Gasteiger partial charge in [0.1, 0.15) is 23.5 Å². The van der Waals surface area contributed by atoms with E-state index in [1.807, 2.05) is 36.4 Å². The SMILES string of the molecule is COc1cccc(CN[C@@H](C(=O)O)[C@H](O)[C@H](Cc2ccccc2)NC(=O)OC(C)(C)C)c1. The maximum atomic E-state index is 12.4. The molecule has 0 aliphatic heterocycles. The monoisotopic (exact) mass is 444 g/mol. The maximum Gasteiger partial charge on any atom is 0.407 e. The summed E-state index contributed by atoms with van der Waals surface area (Å²) in [5.74, 6) is -0.588. The molecule has 0 fully saturated rings. The fourth-order valence-corrected chi connectivity index (χ4v) is 3.18. The van der Waals surface area contributed by atoms with Crippen LogP contribution < -0.4 is 15.4 Å². The van der Waals surface area contributed by atoms with Crippen molar-refractivity contribution in [3.63, 3.8) is 0 Å². The Morgan fingerprint density at radius 1 is 1.03 bits per heavy atom. The number of hydrogen-bond donors (Lipinski definition) is 4. The summed E-state index contributed by atoms with van der Waals surface area (Å²) in [5.41, 5.74) is 0.899. The molecule has 2 aromatic carbocycles. The van der Waals surface area contributed by atoms with Crippen molar-refractivity contribution in [2.24, 2.45) is 0 Å². The van der Waals surface area contributed by atoms with Crippen LogP contribution in [0.15, 0.2) is 54.6 Å². The maximum absolute atomic E-state index is 12.4. The van der Waals surface area contributed by atoms with Gasteiger partial charge in [0, 0.05) is 6.54 Å². The standard InChI is InChI=1S/C24H32N2O6/c1-24(2,3)32-23(30)26-19(14-16-9-6-5-7-10-16)21(27)20(22(28)29)25-15-17-11-8-12-18(13-17)31-4/h5-13,19-21,25,27H,14-15H2,1-4H3,(H,26,30)(H,28,29)/t19-,20+,21+/m0/s1. The van der Waals surface area contributed by atoms with Crippen LogP contribution in [0.5, 0.6) is 5.75 Å². The second kappa shape index (κ2) is 11.5. The first-order chi connectivity index (χ1) is 15.1. The molecule has 0 spiro atoms. The van der Waals surface area contributed by atoms with Crippen LogP contribution in [0.25, 0.3) is 0 Å². The molecule has 0 radical (unpaired) electrons. The molecule has 2 aromatic rings. The van der Waals surface area contributed by atoms with Crippen LogP contribution >= 0.6 is 0 Å². The Morgan fingerprint density at radius 3 is 2.28 bits per heavy atom. The van der Waals surface area contributed by atoms with Gasteiger partial charge in [0.25, 0.3) is 0 Å². The minimum atomic E-state index is -1.43. The van der Waals surface area contributed by atoms with E-state index < -0.39 is 35.9 Å². The normalized spacial score (nSPS) is 14.2. The third-order valence-electron chi connectivity index (χ3n) is 4.68. The lowest BCUT2D eigenvalue weighted by Gasteiger charge is -2.30. The van der Waals surface area contributed by atoms with Gasteiger partial charge in [-0.25, -0.2) is 4.79 Å². The summed E-state index contributed by atoms with van der Waals surface area (Å²) in [5, 5.41) is 26.3. The number of hydrogen-bond acceptors (Lipinski definition) is 6. The predicted octanol–water partition coefficient (Wildman–Crippen LogP) is 2.73. The number of carbonyl (C=O) groups is 2. The predicted molar refractivity (Wildman–Crippen MR) is 121 cm³/mol. The number of aliphatic hydroxyl groups is 1. The second-order valence-electron chi connectivity index (χ2n) is 8.48. The molecule has 2 rings (SSSR count).